The number of rotatable bonds is 3. The predicted molar refractivity (Wildman–Crippen MR) is 89.8 cm³/mol. The van der Waals surface area contributed by atoms with Crippen molar-refractivity contribution in [2.45, 2.75) is 6.18 Å². The number of amides is 1. The molecule has 136 valence electrons. The van der Waals surface area contributed by atoms with Gasteiger partial charge in [0.05, 0.1) is 11.3 Å². The van der Waals surface area contributed by atoms with Crippen molar-refractivity contribution in [3.63, 3.8) is 0 Å². The molecule has 0 aliphatic heterocycles. The maximum absolute atomic E-state index is 13.2. The number of para-hydroxylation sites is 1. The van der Waals surface area contributed by atoms with Crippen LogP contribution in [-0.4, -0.2) is 5.91 Å². The quantitative estimate of drug-likeness (QED) is 0.392. The van der Waals surface area contributed by atoms with Gasteiger partial charge in [0.25, 0.3) is 5.91 Å². The molecule has 1 N–H and O–H groups in total. The van der Waals surface area contributed by atoms with Crippen LogP contribution in [0.15, 0.2) is 58.5 Å². The Labute approximate surface area is 150 Å². The van der Waals surface area contributed by atoms with Crippen LogP contribution in [0.25, 0.3) is 17.0 Å². The first kappa shape index (κ1) is 18.2. The van der Waals surface area contributed by atoms with Gasteiger partial charge in [-0.15, -0.1) is 0 Å². The second-order valence-electron chi connectivity index (χ2n) is 5.50. The zero-order valence-corrected chi connectivity index (χ0v) is 13.5. The molecule has 0 atom stereocenters. The van der Waals surface area contributed by atoms with Crippen molar-refractivity contribution in [1.29, 1.82) is 5.26 Å². The topological polar surface area (TPSA) is 66.0 Å². The Bertz CT molecular complexity index is 1090. The number of fused-ring (bicyclic) bond motifs is 1. The molecule has 0 spiro atoms. The molecule has 1 heterocycles. The third-order valence-corrected chi connectivity index (χ3v) is 3.63. The van der Waals surface area contributed by atoms with E-state index in [0.717, 1.165) is 18.2 Å². The van der Waals surface area contributed by atoms with Gasteiger partial charge in [-0.05, 0) is 36.4 Å². The van der Waals surface area contributed by atoms with Gasteiger partial charge in [-0.1, -0.05) is 12.1 Å². The van der Waals surface area contributed by atoms with Gasteiger partial charge in [-0.2, -0.15) is 18.4 Å². The van der Waals surface area contributed by atoms with Crippen LogP contribution < -0.4 is 5.32 Å². The Kier molecular flexibility index (Phi) is 4.69. The summed E-state index contributed by atoms with van der Waals surface area (Å²) in [6.45, 7) is 0. The molecule has 3 aromatic rings. The Morgan fingerprint density at radius 1 is 1.15 bits per heavy atom. The molecule has 0 saturated heterocycles. The highest BCUT2D eigenvalue weighted by Gasteiger charge is 2.33. The van der Waals surface area contributed by atoms with E-state index in [0.29, 0.717) is 11.0 Å². The van der Waals surface area contributed by atoms with Crippen LogP contribution in [0.2, 0.25) is 0 Å². The summed E-state index contributed by atoms with van der Waals surface area (Å²) >= 11 is 0. The summed E-state index contributed by atoms with van der Waals surface area (Å²) in [5.41, 5.74) is -1.63. The number of alkyl halides is 3. The van der Waals surface area contributed by atoms with Gasteiger partial charge in [0.2, 0.25) is 0 Å². The van der Waals surface area contributed by atoms with Gasteiger partial charge in [-0.3, -0.25) is 4.79 Å². The van der Waals surface area contributed by atoms with E-state index in [2.05, 4.69) is 5.32 Å². The minimum atomic E-state index is -4.66. The van der Waals surface area contributed by atoms with Crippen LogP contribution in [0.3, 0.4) is 0 Å². The third kappa shape index (κ3) is 3.98. The van der Waals surface area contributed by atoms with Crippen LogP contribution >= 0.6 is 0 Å². The van der Waals surface area contributed by atoms with Crippen molar-refractivity contribution in [1.82, 2.24) is 0 Å². The van der Waals surface area contributed by atoms with Gasteiger partial charge >= 0.3 is 6.18 Å². The third-order valence-electron chi connectivity index (χ3n) is 3.63. The summed E-state index contributed by atoms with van der Waals surface area (Å²) in [5, 5.41) is 11.7. The summed E-state index contributed by atoms with van der Waals surface area (Å²) in [7, 11) is 0. The maximum atomic E-state index is 13.2. The number of halogens is 4. The number of carbonyl (C=O) groups is 1. The average Bonchev–Trinajstić information content (AvgIpc) is 3.00. The fourth-order valence-corrected chi connectivity index (χ4v) is 2.43. The van der Waals surface area contributed by atoms with Crippen LogP contribution in [-0.2, 0) is 11.0 Å². The fraction of sp³-hybridized carbons (Fsp3) is 0.0526. The number of hydrogen-bond donors (Lipinski definition) is 1. The summed E-state index contributed by atoms with van der Waals surface area (Å²) in [4.78, 5) is 12.2. The van der Waals surface area contributed by atoms with Gasteiger partial charge in [0, 0.05) is 11.5 Å². The number of furan rings is 1. The zero-order valence-electron chi connectivity index (χ0n) is 13.5. The lowest BCUT2D eigenvalue weighted by Crippen LogP contribution is -2.17. The number of benzene rings is 2. The number of nitrogens with zero attached hydrogens (tertiary/aromatic N) is 1. The van der Waals surface area contributed by atoms with Crippen LogP contribution in [0.4, 0.5) is 23.2 Å². The molecule has 0 unspecified atom stereocenters. The molecule has 1 amide bonds. The molecule has 0 radical (unpaired) electrons. The molecule has 4 nitrogen and oxygen atoms in total. The average molecular weight is 374 g/mol. The second kappa shape index (κ2) is 6.96. The molecular weight excluding hydrogens is 364 g/mol. The van der Waals surface area contributed by atoms with Gasteiger partial charge in [0.1, 0.15) is 28.8 Å². The van der Waals surface area contributed by atoms with E-state index in [9.17, 15) is 27.6 Å². The van der Waals surface area contributed by atoms with Gasteiger partial charge < -0.3 is 9.73 Å². The van der Waals surface area contributed by atoms with E-state index in [4.69, 9.17) is 4.42 Å². The number of hydrogen-bond acceptors (Lipinski definition) is 3. The lowest BCUT2D eigenvalue weighted by molar-refractivity contribution is -0.137. The van der Waals surface area contributed by atoms with Gasteiger partial charge in [0.15, 0.2) is 0 Å². The maximum Gasteiger partial charge on any atom is 0.418 e. The molecule has 0 saturated carbocycles. The van der Waals surface area contributed by atoms with Crippen LogP contribution in [0, 0.1) is 17.1 Å². The Balaban J connectivity index is 1.90. The molecule has 8 heteroatoms. The fourth-order valence-electron chi connectivity index (χ4n) is 2.43. The van der Waals surface area contributed by atoms with E-state index in [1.54, 1.807) is 6.07 Å². The van der Waals surface area contributed by atoms with Crippen molar-refractivity contribution < 1.29 is 26.8 Å². The predicted octanol–water partition coefficient (Wildman–Crippen LogP) is 5.14. The number of carbonyl (C=O) groups excluding carboxylic acids is 1. The standard InChI is InChI=1S/C19H10F4N2O2/c20-13-5-6-17-11(7-13)8-14(27-17)9-12(10-24)18(26)25-16-4-2-1-3-15(16)19(21,22)23/h1-9H,(H,25,26)/b12-9+. The summed E-state index contributed by atoms with van der Waals surface area (Å²) < 4.78 is 57.6. The Hall–Kier alpha value is -3.60. The first-order chi connectivity index (χ1) is 12.8. The molecule has 0 aliphatic carbocycles. The lowest BCUT2D eigenvalue weighted by Gasteiger charge is -2.13. The molecule has 0 aliphatic rings. The summed E-state index contributed by atoms with van der Waals surface area (Å²) in [6.07, 6.45) is -3.59. The molecule has 27 heavy (non-hydrogen) atoms. The van der Waals surface area contributed by atoms with E-state index < -0.39 is 34.7 Å². The Morgan fingerprint density at radius 3 is 2.59 bits per heavy atom. The second-order valence-corrected chi connectivity index (χ2v) is 5.50. The normalized spacial score (nSPS) is 12.0. The molecular formula is C19H10F4N2O2. The smallest absolute Gasteiger partial charge is 0.418 e. The van der Waals surface area contributed by atoms with E-state index in [-0.39, 0.29) is 5.76 Å². The lowest BCUT2D eigenvalue weighted by atomic mass is 10.1. The Morgan fingerprint density at radius 2 is 1.89 bits per heavy atom. The van der Waals surface area contributed by atoms with E-state index in [1.807, 2.05) is 0 Å². The van der Waals surface area contributed by atoms with Gasteiger partial charge in [-0.25, -0.2) is 4.39 Å². The molecule has 0 fully saturated rings. The molecule has 0 bridgehead atoms. The van der Waals surface area contributed by atoms with E-state index >= 15 is 0 Å². The first-order valence-electron chi connectivity index (χ1n) is 7.56. The van der Waals surface area contributed by atoms with Crippen LogP contribution in [0.5, 0.6) is 0 Å². The summed E-state index contributed by atoms with van der Waals surface area (Å²) in [6, 6.07) is 11.2. The molecule has 2 aromatic carbocycles. The highest BCUT2D eigenvalue weighted by atomic mass is 19.4. The van der Waals surface area contributed by atoms with Crippen molar-refractivity contribution in [2.75, 3.05) is 5.32 Å². The zero-order chi connectivity index (χ0) is 19.6. The van der Waals surface area contributed by atoms with Crippen molar-refractivity contribution in [3.8, 4) is 6.07 Å². The minimum Gasteiger partial charge on any atom is -0.457 e. The SMILES string of the molecule is N#C/C(=C\c1cc2cc(F)ccc2o1)C(=O)Nc1ccccc1C(F)(F)F. The minimum absolute atomic E-state index is 0.0893. The van der Waals surface area contributed by atoms with Crippen molar-refractivity contribution in [3.05, 3.63) is 71.2 Å². The van der Waals surface area contributed by atoms with Crippen LogP contribution in [0.1, 0.15) is 11.3 Å². The number of anilines is 1. The number of nitrogens with one attached hydrogen (secondary N) is 1. The highest BCUT2D eigenvalue weighted by Crippen LogP contribution is 2.34. The van der Waals surface area contributed by atoms with E-state index in [1.165, 1.54) is 36.4 Å². The number of nitriles is 1. The van der Waals surface area contributed by atoms with Crippen molar-refractivity contribution >= 4 is 28.6 Å². The first-order valence-corrected chi connectivity index (χ1v) is 7.56. The highest BCUT2D eigenvalue weighted by molar-refractivity contribution is 6.10. The molecule has 3 rings (SSSR count). The van der Waals surface area contributed by atoms with Crippen molar-refractivity contribution in [2.24, 2.45) is 0 Å². The largest absolute Gasteiger partial charge is 0.457 e. The monoisotopic (exact) mass is 374 g/mol. The summed E-state index contributed by atoms with van der Waals surface area (Å²) in [5.74, 6) is -1.42. The molecule has 1 aromatic heterocycles.